The average Bonchev–Trinajstić information content (AvgIpc) is 0.757. The Morgan fingerprint density at radius 3 is 1.07 bits per heavy atom. The molecule has 10 rings (SSSR count). The van der Waals surface area contributed by atoms with Gasteiger partial charge in [-0.05, 0) is 0 Å². The monoisotopic (exact) mass is 1890 g/mol. The second-order valence-electron chi connectivity index (χ2n) is 32.4. The van der Waals surface area contributed by atoms with Gasteiger partial charge in [0.25, 0.3) is 5.79 Å². The summed E-state index contributed by atoms with van der Waals surface area (Å²) in [6.07, 6.45) is -103. The summed E-state index contributed by atoms with van der Waals surface area (Å²) in [4.78, 5) is 64.1. The first-order valence-corrected chi connectivity index (χ1v) is 40.8. The van der Waals surface area contributed by atoms with Gasteiger partial charge in [-0.3, -0.25) is 19.2 Å². The van der Waals surface area contributed by atoms with Gasteiger partial charge in [0.1, 0.15) is 238 Å². The number of aliphatic hydroxyl groups excluding tert-OH is 29. The Morgan fingerprint density at radius 1 is 0.318 bits per heavy atom. The van der Waals surface area contributed by atoms with Crippen molar-refractivity contribution in [3.05, 3.63) is 0 Å². The highest BCUT2D eigenvalue weighted by atomic mass is 16.8. The van der Waals surface area contributed by atoms with Crippen LogP contribution in [0.5, 0.6) is 0 Å². The average molecular weight is 1890 g/mol. The Bertz CT molecular complexity index is 3550. The van der Waals surface area contributed by atoms with Crippen LogP contribution in [-0.2, 0) is 114 Å². The maximum Gasteiger partial charge on any atom is 0.364 e. The normalized spacial score (nSPS) is 48.1. The van der Waals surface area contributed by atoms with Crippen LogP contribution in [-0.4, -0.2) is 561 Å². The number of ether oxygens (including phenoxy) is 19. The van der Waals surface area contributed by atoms with Gasteiger partial charge in [-0.2, -0.15) is 0 Å². The summed E-state index contributed by atoms with van der Waals surface area (Å²) in [5, 5.41) is 344. The Hall–Kier alpha value is -4.57. The summed E-state index contributed by atoms with van der Waals surface area (Å²) in [7, 11) is 0. The fraction of sp³-hybridized carbons (Fsp3) is 0.930. The molecule has 10 heterocycles. The van der Waals surface area contributed by atoms with Crippen LogP contribution in [0, 0.1) is 0 Å². The van der Waals surface area contributed by atoms with Crippen LogP contribution in [0.25, 0.3) is 0 Å². The number of nitrogens with one attached hydrogen (secondary N) is 4. The van der Waals surface area contributed by atoms with Crippen LogP contribution in [0.15, 0.2) is 0 Å². The zero-order valence-electron chi connectivity index (χ0n) is 68.9. The van der Waals surface area contributed by atoms with Crippen molar-refractivity contribution in [2.45, 2.75) is 347 Å². The van der Waals surface area contributed by atoms with Crippen LogP contribution in [0.4, 0.5) is 0 Å². The number of carbonyl (C=O) groups excluding carboxylic acids is 4. The summed E-state index contributed by atoms with van der Waals surface area (Å²) in [6, 6.07) is -7.60. The van der Waals surface area contributed by atoms with Crippen molar-refractivity contribution in [3.8, 4) is 0 Å². The van der Waals surface area contributed by atoms with E-state index in [-0.39, 0.29) is 0 Å². The van der Waals surface area contributed by atoms with Gasteiger partial charge in [0.15, 0.2) is 56.6 Å². The Balaban J connectivity index is 0.975. The number of rotatable bonds is 35. The van der Waals surface area contributed by atoms with E-state index in [0.717, 1.165) is 27.7 Å². The molecule has 0 spiro atoms. The first-order chi connectivity index (χ1) is 60.9. The number of aliphatic hydroxyl groups is 29. The molecule has 10 aliphatic heterocycles. The minimum absolute atomic E-state index is 0.816. The van der Waals surface area contributed by atoms with Gasteiger partial charge < -0.3 is 264 Å². The highest BCUT2D eigenvalue weighted by Gasteiger charge is 2.64. The Morgan fingerprint density at radius 2 is 0.628 bits per heavy atom. The lowest BCUT2D eigenvalue weighted by molar-refractivity contribution is -0.400. The number of amides is 4. The Labute approximate surface area is 728 Å². The number of hydrogen-bond donors (Lipinski definition) is 34. The van der Waals surface area contributed by atoms with E-state index in [4.69, 9.17) is 90.0 Å². The number of carboxylic acids is 1. The lowest BCUT2D eigenvalue weighted by atomic mass is 9.88. The van der Waals surface area contributed by atoms with Gasteiger partial charge in [-0.25, -0.2) is 4.79 Å². The van der Waals surface area contributed by atoms with E-state index >= 15 is 0 Å². The number of carboxylic acid groups (broad SMARTS) is 1. The van der Waals surface area contributed by atoms with Crippen molar-refractivity contribution in [1.29, 1.82) is 0 Å². The van der Waals surface area contributed by atoms with Crippen molar-refractivity contribution >= 4 is 29.6 Å². The van der Waals surface area contributed by atoms with Crippen LogP contribution < -0.4 is 21.3 Å². The van der Waals surface area contributed by atoms with Crippen molar-refractivity contribution in [2.24, 2.45) is 0 Å². The van der Waals surface area contributed by atoms with E-state index < -0.39 is 414 Å². The molecule has 0 aromatic heterocycles. The van der Waals surface area contributed by atoms with E-state index in [2.05, 4.69) is 21.3 Å². The SMILES string of the molecule is CC(=O)N[C@@H]1[C@@H](O)[C@H](O[C@@H]2O[C@H](CO)[C@@H](O[C@@H]3O[C@H](CO[C@H]4O[C@H](CO[C@H]5O[C@H](CO)[C@@H](O)[C@H](O)[C@@H]5O)[C@@H](O)[C@H](O[C@H]5O[C@H](CO)[C@@H](O)[C@H](O)[C@@H]5O)[C@@H]4O)[C@@H](O)[C@H](O[C@H]4O[C@H](CO)[C@@H](O)[C@H](O)[C@@H]4O[C@@H]4O[C@H](CO)[C@@H](O[C@@H]5O[C@H](CO)[C@H](O)[C@H](O[C@@]6(C(=O)O)C[C@H](O)[C@@H](NC(C)=O)[C@H]([C@H](O)[C@H](O)CO)O6)[C@H]5O)[C@H](O)[C@H]4NC(C)=O)[C@@H]3O)[C@H](O)[C@H]2NC(C)=O)[C@@H](CO)O[C@H]1O. The smallest absolute Gasteiger partial charge is 0.364 e. The summed E-state index contributed by atoms with van der Waals surface area (Å²) in [5.74, 6) is -9.28. The molecule has 746 valence electrons. The molecule has 4 amide bonds. The molecule has 0 aliphatic carbocycles. The largest absolute Gasteiger partial charge is 0.477 e. The molecule has 10 saturated heterocycles. The summed E-state index contributed by atoms with van der Waals surface area (Å²) in [5.41, 5.74) is 0. The molecule has 10 aliphatic rings. The molecular weight excluding hydrogens is 1770 g/mol. The highest BCUT2D eigenvalue weighted by molar-refractivity contribution is 5.77. The van der Waals surface area contributed by atoms with Gasteiger partial charge in [-0.15, -0.1) is 0 Å². The third-order valence-electron chi connectivity index (χ3n) is 23.4. The molecule has 58 nitrogen and oxygen atoms in total. The molecule has 129 heavy (non-hydrogen) atoms. The van der Waals surface area contributed by atoms with E-state index in [1.54, 1.807) is 0 Å². The zero-order valence-corrected chi connectivity index (χ0v) is 68.9. The van der Waals surface area contributed by atoms with Gasteiger partial charge in [-0.1, -0.05) is 0 Å². The van der Waals surface area contributed by atoms with Crippen LogP contribution in [0.2, 0.25) is 0 Å². The second-order valence-corrected chi connectivity index (χ2v) is 32.4. The zero-order chi connectivity index (χ0) is 95.3. The lowest BCUT2D eigenvalue weighted by Crippen LogP contribution is -2.71. The molecule has 0 bridgehead atoms. The molecule has 0 aromatic rings. The minimum atomic E-state index is -3.33. The fourth-order valence-corrected chi connectivity index (χ4v) is 16.5. The first kappa shape index (κ1) is 106. The first-order valence-electron chi connectivity index (χ1n) is 40.8. The van der Waals surface area contributed by atoms with E-state index in [1.807, 2.05) is 0 Å². The molecule has 51 atom stereocenters. The maximum absolute atomic E-state index is 13.3. The third kappa shape index (κ3) is 23.5. The predicted molar refractivity (Wildman–Crippen MR) is 393 cm³/mol. The van der Waals surface area contributed by atoms with Crippen molar-refractivity contribution in [3.63, 3.8) is 0 Å². The van der Waals surface area contributed by atoms with Gasteiger partial charge in [0.05, 0.1) is 78.2 Å². The quantitative estimate of drug-likeness (QED) is 0.0280. The van der Waals surface area contributed by atoms with Crippen LogP contribution in [0.1, 0.15) is 34.1 Å². The molecular formula is C71H118N4O54. The molecule has 0 radical (unpaired) electrons. The third-order valence-corrected chi connectivity index (χ3v) is 23.4. The molecule has 0 saturated carbocycles. The molecule has 34 N–H and O–H groups in total. The number of aliphatic carboxylic acids is 1. The number of hydrogen-bond acceptors (Lipinski definition) is 53. The molecule has 0 aromatic carbocycles. The van der Waals surface area contributed by atoms with Gasteiger partial charge >= 0.3 is 5.97 Å². The highest BCUT2D eigenvalue weighted by Crippen LogP contribution is 2.43. The standard InChI is InChI=1S/C71H118N4O54/c1-16(84)72-31-20(88)5-71(70(109)110,128-56(31)35(90)21(89)6-76)129-59-39(94)25(10-80)116-68(52(59)107)124-55-28(13-83)119-63(34(44(55)99)75-19(4)87)127-60-47(102)38(93)24(9-79)117-69(60)126-58-41(96)30(121-67(51(58)106)123-54-27(12-82)118-62(33(43(54)98)74-18(3)86)122-53-26(11-81)113-61(108)32(42(53)97)73-17(2)85)15-112-65-50(105)57(125-66-49(104)46(101)37(92)23(8-78)115-66)40(95)29(120-65)14-111-64-48(103)45(100)36(91)22(7-77)114-64/h20-69,76-83,88-108H,5-15H2,1-4H3,(H,72,84)(H,73,85)(H,74,86)(H,75,87)(H,109,110)/t20-,21+,22+,23+,24+,25+,26+,27+,28+,29+,30+,31+,32+,33+,34+,35+,36+,37+,38+,39-,40+,41+,42+,43+,44+,45-,46-,47-,48-,49-,50-,51-,52+,53+,54+,55+,56+,57-,58-,59-,60-,61+,62-,63-,64-,65-,66+,67-,68-,69+,71+/m0/s1. The van der Waals surface area contributed by atoms with Gasteiger partial charge in [0, 0.05) is 34.1 Å². The van der Waals surface area contributed by atoms with Crippen molar-refractivity contribution in [2.75, 3.05) is 66.1 Å². The Kier molecular flexibility index (Phi) is 38.0. The molecule has 0 unspecified atom stereocenters. The van der Waals surface area contributed by atoms with Crippen LogP contribution in [0.3, 0.4) is 0 Å². The summed E-state index contributed by atoms with van der Waals surface area (Å²) >= 11 is 0. The van der Waals surface area contributed by atoms with E-state index in [9.17, 15) is 177 Å². The predicted octanol–water partition coefficient (Wildman–Crippen LogP) is -23.0. The lowest BCUT2D eigenvalue weighted by Gasteiger charge is -2.51. The molecule has 10 fully saturated rings. The summed E-state index contributed by atoms with van der Waals surface area (Å²) < 4.78 is 112. The van der Waals surface area contributed by atoms with Crippen LogP contribution >= 0.6 is 0 Å². The molecule has 58 heteroatoms. The minimum Gasteiger partial charge on any atom is -0.477 e. The number of carbonyl (C=O) groups is 5. The van der Waals surface area contributed by atoms with Gasteiger partial charge in [0.2, 0.25) is 23.6 Å². The fourth-order valence-electron chi connectivity index (χ4n) is 16.5. The van der Waals surface area contributed by atoms with Crippen molar-refractivity contribution in [1.82, 2.24) is 21.3 Å². The van der Waals surface area contributed by atoms with E-state index in [1.165, 1.54) is 0 Å². The summed E-state index contributed by atoms with van der Waals surface area (Å²) in [6.45, 7) is -8.00. The topological polar surface area (TPSA) is 916 Å². The maximum atomic E-state index is 13.3. The second kappa shape index (κ2) is 46.1. The van der Waals surface area contributed by atoms with Crippen molar-refractivity contribution < 1.29 is 267 Å². The van der Waals surface area contributed by atoms with E-state index in [0.29, 0.717) is 0 Å².